The van der Waals surface area contributed by atoms with Gasteiger partial charge in [0, 0.05) is 32.8 Å². The smallest absolute Gasteiger partial charge is 0.163 e. The highest BCUT2D eigenvalue weighted by atomic mass is 79.9. The maximum absolute atomic E-state index is 13.5. The molecule has 1 aromatic rings. The Kier molecular flexibility index (Phi) is 3.74. The summed E-state index contributed by atoms with van der Waals surface area (Å²) in [6, 6.07) is 6.47. The maximum atomic E-state index is 13.5. The van der Waals surface area contributed by atoms with E-state index < -0.39 is 0 Å². The van der Waals surface area contributed by atoms with Crippen LogP contribution < -0.4 is 5.32 Å². The molecule has 0 radical (unpaired) electrons. The van der Waals surface area contributed by atoms with E-state index in [0.717, 1.165) is 53.6 Å². The summed E-state index contributed by atoms with van der Waals surface area (Å²) in [5.41, 5.74) is 3.47. The highest BCUT2D eigenvalue weighted by Gasteiger charge is 2.53. The molecule has 26 heavy (non-hydrogen) atoms. The first-order valence-electron chi connectivity index (χ1n) is 10.2. The van der Waals surface area contributed by atoms with Crippen molar-refractivity contribution < 1.29 is 4.79 Å². The summed E-state index contributed by atoms with van der Waals surface area (Å²) in [6.45, 7) is 4.45. The molecule has 1 aliphatic heterocycles. The number of allylic oxidation sites excluding steroid dienone is 1. The number of hydrogen-bond acceptors (Lipinski definition) is 2. The van der Waals surface area contributed by atoms with Gasteiger partial charge in [-0.3, -0.25) is 4.79 Å². The normalized spacial score (nSPS) is 38.1. The summed E-state index contributed by atoms with van der Waals surface area (Å²) in [7, 11) is 0. The van der Waals surface area contributed by atoms with Crippen molar-refractivity contribution in [3.8, 4) is 0 Å². The molecule has 3 heteroatoms. The molecule has 1 heterocycles. The largest absolute Gasteiger partial charge is 0.379 e. The Labute approximate surface area is 165 Å². The zero-order chi connectivity index (χ0) is 18.1. The van der Waals surface area contributed by atoms with Gasteiger partial charge in [-0.1, -0.05) is 22.0 Å². The Morgan fingerprint density at radius 2 is 1.73 bits per heavy atom. The van der Waals surface area contributed by atoms with E-state index in [-0.39, 0.29) is 11.0 Å². The van der Waals surface area contributed by atoms with E-state index in [1.807, 2.05) is 6.08 Å². The molecule has 4 fully saturated rings. The molecule has 4 aliphatic carbocycles. The van der Waals surface area contributed by atoms with Crippen molar-refractivity contribution in [1.82, 2.24) is 5.32 Å². The molecule has 0 unspecified atom stereocenters. The van der Waals surface area contributed by atoms with Crippen LogP contribution in [0.15, 0.2) is 28.7 Å². The predicted molar refractivity (Wildman–Crippen MR) is 109 cm³/mol. The number of fused-ring (bicyclic) bond motifs is 1. The predicted octanol–water partition coefficient (Wildman–Crippen LogP) is 5.50. The SMILES string of the molecule is CC1(C)Cc2ccc(Br)cc2/C(=C/C(=O)C23CC4CC(CC(C4)C2)C3)N1. The number of benzene rings is 1. The molecule has 0 saturated heterocycles. The van der Waals surface area contributed by atoms with Gasteiger partial charge >= 0.3 is 0 Å². The number of rotatable bonds is 2. The van der Waals surface area contributed by atoms with Crippen molar-refractivity contribution in [3.63, 3.8) is 0 Å². The van der Waals surface area contributed by atoms with E-state index in [9.17, 15) is 4.79 Å². The van der Waals surface area contributed by atoms with Crippen LogP contribution in [0.4, 0.5) is 0 Å². The Morgan fingerprint density at radius 1 is 1.12 bits per heavy atom. The lowest BCUT2D eigenvalue weighted by Crippen LogP contribution is -2.50. The van der Waals surface area contributed by atoms with Gasteiger partial charge in [0.05, 0.1) is 0 Å². The van der Waals surface area contributed by atoms with E-state index >= 15 is 0 Å². The fourth-order valence-corrected chi connectivity index (χ4v) is 7.08. The first-order chi connectivity index (χ1) is 12.3. The summed E-state index contributed by atoms with van der Waals surface area (Å²) in [5.74, 6) is 2.81. The van der Waals surface area contributed by atoms with Crippen molar-refractivity contribution >= 4 is 27.4 Å². The average Bonchev–Trinajstić information content (AvgIpc) is 2.53. The quantitative estimate of drug-likeness (QED) is 0.648. The number of carbonyl (C=O) groups excluding carboxylic acids is 1. The van der Waals surface area contributed by atoms with Crippen LogP contribution in [0.3, 0.4) is 0 Å². The molecule has 138 valence electrons. The van der Waals surface area contributed by atoms with E-state index in [2.05, 4.69) is 53.3 Å². The Bertz CT molecular complexity index is 771. The maximum Gasteiger partial charge on any atom is 0.163 e. The molecular weight excluding hydrogens is 386 g/mol. The van der Waals surface area contributed by atoms with Gasteiger partial charge in [-0.25, -0.2) is 0 Å². The van der Waals surface area contributed by atoms with Crippen LogP contribution >= 0.6 is 15.9 Å². The third-order valence-electron chi connectivity index (χ3n) is 7.30. The molecule has 5 aliphatic rings. The van der Waals surface area contributed by atoms with Crippen LogP contribution in [0, 0.1) is 23.2 Å². The zero-order valence-corrected chi connectivity index (χ0v) is 17.4. The first-order valence-corrected chi connectivity index (χ1v) is 10.9. The second kappa shape index (κ2) is 5.70. The molecule has 0 aromatic heterocycles. The molecule has 4 saturated carbocycles. The zero-order valence-electron chi connectivity index (χ0n) is 15.8. The molecule has 0 amide bonds. The number of carbonyl (C=O) groups is 1. The minimum absolute atomic E-state index is 0.0194. The van der Waals surface area contributed by atoms with Crippen molar-refractivity contribution in [2.75, 3.05) is 0 Å². The van der Waals surface area contributed by atoms with Crippen LogP contribution in [0.5, 0.6) is 0 Å². The summed E-state index contributed by atoms with van der Waals surface area (Å²) in [4.78, 5) is 13.5. The summed E-state index contributed by atoms with van der Waals surface area (Å²) in [6.07, 6.45) is 10.5. The lowest BCUT2D eigenvalue weighted by molar-refractivity contribution is -0.138. The summed E-state index contributed by atoms with van der Waals surface area (Å²) in [5, 5.41) is 3.66. The van der Waals surface area contributed by atoms with Crippen LogP contribution in [0.1, 0.15) is 63.5 Å². The van der Waals surface area contributed by atoms with Gasteiger partial charge in [0.2, 0.25) is 0 Å². The number of hydrogen-bond donors (Lipinski definition) is 1. The minimum Gasteiger partial charge on any atom is -0.379 e. The molecular formula is C23H28BrNO. The van der Waals surface area contributed by atoms with E-state index in [1.54, 1.807) is 0 Å². The van der Waals surface area contributed by atoms with Crippen LogP contribution in [0.2, 0.25) is 0 Å². The average molecular weight is 414 g/mol. The van der Waals surface area contributed by atoms with E-state index in [4.69, 9.17) is 0 Å². The fourth-order valence-electron chi connectivity index (χ4n) is 6.72. The van der Waals surface area contributed by atoms with Gasteiger partial charge in [0.25, 0.3) is 0 Å². The summed E-state index contributed by atoms with van der Waals surface area (Å²) >= 11 is 3.60. The topological polar surface area (TPSA) is 29.1 Å². The van der Waals surface area contributed by atoms with Gasteiger partial charge in [-0.05, 0) is 94.2 Å². The monoisotopic (exact) mass is 413 g/mol. The number of halogens is 1. The third-order valence-corrected chi connectivity index (χ3v) is 7.80. The van der Waals surface area contributed by atoms with Crippen LogP contribution in [0.25, 0.3) is 5.70 Å². The molecule has 2 nitrogen and oxygen atoms in total. The lowest BCUT2D eigenvalue weighted by Gasteiger charge is -2.55. The fraction of sp³-hybridized carbons (Fsp3) is 0.609. The Hall–Kier alpha value is -1.09. The van der Waals surface area contributed by atoms with Gasteiger partial charge < -0.3 is 5.32 Å². The highest BCUT2D eigenvalue weighted by Crippen LogP contribution is 2.60. The lowest BCUT2D eigenvalue weighted by atomic mass is 9.48. The molecule has 4 bridgehead atoms. The Morgan fingerprint density at radius 3 is 2.35 bits per heavy atom. The number of ketones is 1. The van der Waals surface area contributed by atoms with Crippen molar-refractivity contribution in [2.24, 2.45) is 23.2 Å². The van der Waals surface area contributed by atoms with Crippen molar-refractivity contribution in [1.29, 1.82) is 0 Å². The Balaban J connectivity index is 1.52. The second-order valence-corrected chi connectivity index (χ2v) is 11.0. The van der Waals surface area contributed by atoms with Crippen LogP contribution in [-0.4, -0.2) is 11.3 Å². The summed E-state index contributed by atoms with van der Waals surface area (Å²) < 4.78 is 1.07. The third kappa shape index (κ3) is 2.78. The highest BCUT2D eigenvalue weighted by molar-refractivity contribution is 9.10. The van der Waals surface area contributed by atoms with Crippen LogP contribution in [-0.2, 0) is 11.2 Å². The molecule has 0 spiro atoms. The molecule has 6 rings (SSSR count). The van der Waals surface area contributed by atoms with Gasteiger partial charge in [-0.15, -0.1) is 0 Å². The second-order valence-electron chi connectivity index (χ2n) is 10.1. The minimum atomic E-state index is -0.0583. The first kappa shape index (κ1) is 17.0. The molecule has 1 N–H and O–H groups in total. The number of nitrogens with one attached hydrogen (secondary N) is 1. The standard InChI is InChI=1S/C23H28BrNO/c1-22(2)13-17-3-4-18(24)8-19(17)20(25-22)9-21(26)23-10-14-5-15(11-23)7-16(6-14)12-23/h3-4,8-9,14-16,25H,5-7,10-13H2,1-2H3/b20-9-. The molecule has 1 aromatic carbocycles. The van der Waals surface area contributed by atoms with E-state index in [1.165, 1.54) is 30.4 Å². The molecule has 0 atom stereocenters. The van der Waals surface area contributed by atoms with E-state index in [0.29, 0.717) is 5.78 Å². The van der Waals surface area contributed by atoms with Gasteiger partial charge in [0.15, 0.2) is 5.78 Å². The van der Waals surface area contributed by atoms with Gasteiger partial charge in [-0.2, -0.15) is 0 Å². The van der Waals surface area contributed by atoms with Crippen molar-refractivity contribution in [2.45, 2.75) is 64.3 Å². The van der Waals surface area contributed by atoms with Gasteiger partial charge in [0.1, 0.15) is 0 Å². The van der Waals surface area contributed by atoms with Crippen molar-refractivity contribution in [3.05, 3.63) is 39.9 Å².